The van der Waals surface area contributed by atoms with Crippen LogP contribution in [-0.4, -0.2) is 30.5 Å². The Balaban J connectivity index is 1.69. The molecule has 4 nitrogen and oxygen atoms in total. The molecule has 1 aromatic rings. The second-order valence-electron chi connectivity index (χ2n) is 6.48. The molecule has 0 spiro atoms. The number of allylic oxidation sites excluding steroid dienone is 3. The van der Waals surface area contributed by atoms with Gasteiger partial charge in [-0.15, -0.1) is 0 Å². The van der Waals surface area contributed by atoms with E-state index in [0.29, 0.717) is 25.4 Å². The highest BCUT2D eigenvalue weighted by atomic mass is 16.6. The van der Waals surface area contributed by atoms with Gasteiger partial charge in [-0.2, -0.15) is 0 Å². The molecule has 0 amide bonds. The van der Waals surface area contributed by atoms with Crippen LogP contribution in [0.15, 0.2) is 42.2 Å². The van der Waals surface area contributed by atoms with Crippen molar-refractivity contribution in [3.8, 4) is 0 Å². The van der Waals surface area contributed by atoms with Crippen molar-refractivity contribution in [3.63, 3.8) is 0 Å². The maximum Gasteiger partial charge on any atom is 0.113 e. The fourth-order valence-electron chi connectivity index (χ4n) is 3.85. The fraction of sp³-hybridized carbons (Fsp3) is 0.474. The molecule has 1 aliphatic carbocycles. The first-order valence-corrected chi connectivity index (χ1v) is 8.45. The zero-order valence-corrected chi connectivity index (χ0v) is 13.4. The molecule has 1 saturated heterocycles. The first-order chi connectivity index (χ1) is 11.3. The summed E-state index contributed by atoms with van der Waals surface area (Å²) < 4.78 is 12.2. The molecule has 2 N–H and O–H groups in total. The van der Waals surface area contributed by atoms with Gasteiger partial charge in [0.25, 0.3) is 0 Å². The normalized spacial score (nSPS) is 32.5. The molecule has 0 bridgehead atoms. The van der Waals surface area contributed by atoms with E-state index in [1.165, 1.54) is 11.1 Å². The summed E-state index contributed by atoms with van der Waals surface area (Å²) >= 11 is 0. The minimum Gasteiger partial charge on any atom is -0.512 e. The Labute approximate surface area is 136 Å². The van der Waals surface area contributed by atoms with Crippen LogP contribution < -0.4 is 5.32 Å². The standard InChI is InChI=1S/C19H23NO3/c1-2-12-6-7-16-15(10-12)18-19(23-9-8-22-18)17(20-16)13-4-3-5-14(21)11-13/h3-7,10,13,17-21H,2,8-9,11H2,1H3/t13?,17-,18+,19-/m0/s1. The van der Waals surface area contributed by atoms with Crippen molar-refractivity contribution in [2.24, 2.45) is 5.92 Å². The highest BCUT2D eigenvalue weighted by Crippen LogP contribution is 2.42. The highest BCUT2D eigenvalue weighted by molar-refractivity contribution is 5.58. The minimum atomic E-state index is -0.0297. The summed E-state index contributed by atoms with van der Waals surface area (Å²) in [5.41, 5.74) is 3.64. The van der Waals surface area contributed by atoms with E-state index in [9.17, 15) is 5.11 Å². The van der Waals surface area contributed by atoms with E-state index >= 15 is 0 Å². The molecule has 0 radical (unpaired) electrons. The van der Waals surface area contributed by atoms with Gasteiger partial charge in [0.1, 0.15) is 12.2 Å². The number of nitrogens with one attached hydrogen (secondary N) is 1. The van der Waals surface area contributed by atoms with Crippen LogP contribution >= 0.6 is 0 Å². The first kappa shape index (κ1) is 14.8. The van der Waals surface area contributed by atoms with E-state index in [0.717, 1.165) is 12.1 Å². The molecule has 4 heteroatoms. The number of aryl methyl sites for hydroxylation is 1. The van der Waals surface area contributed by atoms with Gasteiger partial charge in [-0.25, -0.2) is 0 Å². The zero-order chi connectivity index (χ0) is 15.8. The van der Waals surface area contributed by atoms with Crippen LogP contribution in [0.5, 0.6) is 0 Å². The number of anilines is 1. The lowest BCUT2D eigenvalue weighted by atomic mass is 9.81. The molecule has 0 aromatic heterocycles. The summed E-state index contributed by atoms with van der Waals surface area (Å²) in [5, 5.41) is 13.5. The predicted molar refractivity (Wildman–Crippen MR) is 89.6 cm³/mol. The van der Waals surface area contributed by atoms with Gasteiger partial charge in [-0.1, -0.05) is 31.2 Å². The Morgan fingerprint density at radius 1 is 1.26 bits per heavy atom. The smallest absolute Gasteiger partial charge is 0.113 e. The maximum atomic E-state index is 9.88. The lowest BCUT2D eigenvalue weighted by Gasteiger charge is -2.45. The molecule has 1 unspecified atom stereocenters. The maximum absolute atomic E-state index is 9.88. The van der Waals surface area contributed by atoms with Gasteiger partial charge in [0.05, 0.1) is 25.0 Å². The third-order valence-electron chi connectivity index (χ3n) is 5.05. The fourth-order valence-corrected chi connectivity index (χ4v) is 3.85. The molecule has 122 valence electrons. The SMILES string of the molecule is CCc1ccc2c(c1)[C@H]1OCCO[C@H]1[C@H](C1C=CC=C(O)C1)N2. The van der Waals surface area contributed by atoms with E-state index < -0.39 is 0 Å². The van der Waals surface area contributed by atoms with Crippen molar-refractivity contribution in [2.45, 2.75) is 38.0 Å². The summed E-state index contributed by atoms with van der Waals surface area (Å²) in [7, 11) is 0. The Bertz CT molecular complexity index is 652. The molecule has 2 aliphatic heterocycles. The minimum absolute atomic E-state index is 0.0242. The summed E-state index contributed by atoms with van der Waals surface area (Å²) in [4.78, 5) is 0. The van der Waals surface area contributed by atoms with Gasteiger partial charge in [-0.05, 0) is 24.1 Å². The van der Waals surface area contributed by atoms with Crippen LogP contribution in [0, 0.1) is 5.92 Å². The number of hydrogen-bond donors (Lipinski definition) is 2. The molecular weight excluding hydrogens is 290 g/mol. The number of aliphatic hydroxyl groups excluding tert-OH is 1. The van der Waals surface area contributed by atoms with Gasteiger partial charge in [0.15, 0.2) is 0 Å². The van der Waals surface area contributed by atoms with Crippen LogP contribution in [0.2, 0.25) is 0 Å². The number of fused-ring (bicyclic) bond motifs is 3. The van der Waals surface area contributed by atoms with Crippen LogP contribution in [0.1, 0.15) is 30.6 Å². The molecular formula is C19H23NO3. The third-order valence-corrected chi connectivity index (χ3v) is 5.05. The van der Waals surface area contributed by atoms with E-state index in [2.05, 4.69) is 36.5 Å². The number of rotatable bonds is 2. The molecule has 0 saturated carbocycles. The molecule has 2 heterocycles. The largest absolute Gasteiger partial charge is 0.512 e. The molecule has 4 atom stereocenters. The van der Waals surface area contributed by atoms with Crippen LogP contribution in [0.4, 0.5) is 5.69 Å². The van der Waals surface area contributed by atoms with Crippen molar-refractivity contribution < 1.29 is 14.6 Å². The first-order valence-electron chi connectivity index (χ1n) is 8.45. The summed E-state index contributed by atoms with van der Waals surface area (Å²) in [5.74, 6) is 0.632. The lowest BCUT2D eigenvalue weighted by Crippen LogP contribution is -2.51. The number of hydrogen-bond acceptors (Lipinski definition) is 4. The Kier molecular flexibility index (Phi) is 3.87. The Morgan fingerprint density at radius 2 is 2.13 bits per heavy atom. The predicted octanol–water partition coefficient (Wildman–Crippen LogP) is 3.52. The number of ether oxygens (including phenoxy) is 2. The Morgan fingerprint density at radius 3 is 2.96 bits per heavy atom. The van der Waals surface area contributed by atoms with Gasteiger partial charge < -0.3 is 19.9 Å². The quantitative estimate of drug-likeness (QED) is 0.877. The molecule has 23 heavy (non-hydrogen) atoms. The van der Waals surface area contributed by atoms with Crippen molar-refractivity contribution in [2.75, 3.05) is 18.5 Å². The van der Waals surface area contributed by atoms with Gasteiger partial charge in [0.2, 0.25) is 0 Å². The monoisotopic (exact) mass is 313 g/mol. The summed E-state index contributed by atoms with van der Waals surface area (Å²) in [6.07, 6.45) is 7.44. The second kappa shape index (κ2) is 6.02. The van der Waals surface area contributed by atoms with Crippen LogP contribution in [0.3, 0.4) is 0 Å². The molecule has 4 rings (SSSR count). The topological polar surface area (TPSA) is 50.7 Å². The zero-order valence-electron chi connectivity index (χ0n) is 13.4. The third kappa shape index (κ3) is 2.66. The van der Waals surface area contributed by atoms with Crippen LogP contribution in [-0.2, 0) is 15.9 Å². The molecule has 1 fully saturated rings. The van der Waals surface area contributed by atoms with Gasteiger partial charge in [0, 0.05) is 23.6 Å². The van der Waals surface area contributed by atoms with E-state index in [-0.39, 0.29) is 24.2 Å². The number of aliphatic hydroxyl groups is 1. The van der Waals surface area contributed by atoms with E-state index in [4.69, 9.17) is 9.47 Å². The van der Waals surface area contributed by atoms with Crippen molar-refractivity contribution in [3.05, 3.63) is 53.3 Å². The van der Waals surface area contributed by atoms with E-state index in [1.807, 2.05) is 6.08 Å². The lowest BCUT2D eigenvalue weighted by molar-refractivity contribution is -0.154. The molecule has 1 aromatic carbocycles. The van der Waals surface area contributed by atoms with Crippen molar-refractivity contribution >= 4 is 5.69 Å². The van der Waals surface area contributed by atoms with Crippen molar-refractivity contribution in [1.82, 2.24) is 0 Å². The summed E-state index contributed by atoms with van der Waals surface area (Å²) in [6, 6.07) is 6.66. The van der Waals surface area contributed by atoms with Crippen LogP contribution in [0.25, 0.3) is 0 Å². The molecule has 3 aliphatic rings. The average Bonchev–Trinajstić information content (AvgIpc) is 2.60. The average molecular weight is 313 g/mol. The second-order valence-corrected chi connectivity index (χ2v) is 6.48. The number of benzene rings is 1. The van der Waals surface area contributed by atoms with Gasteiger partial charge >= 0.3 is 0 Å². The van der Waals surface area contributed by atoms with Gasteiger partial charge in [-0.3, -0.25) is 0 Å². The summed E-state index contributed by atoms with van der Waals surface area (Å²) in [6.45, 7) is 3.42. The Hall–Kier alpha value is -1.78. The highest BCUT2D eigenvalue weighted by Gasteiger charge is 2.43. The van der Waals surface area contributed by atoms with E-state index in [1.54, 1.807) is 6.08 Å². The van der Waals surface area contributed by atoms with Crippen molar-refractivity contribution in [1.29, 1.82) is 0 Å².